The zero-order valence-corrected chi connectivity index (χ0v) is 11.1. The second-order valence-electron chi connectivity index (χ2n) is 5.08. The van der Waals surface area contributed by atoms with Gasteiger partial charge in [-0.25, -0.2) is 0 Å². The van der Waals surface area contributed by atoms with Gasteiger partial charge in [0.1, 0.15) is 0 Å². The normalized spacial score (nSPS) is 36.7. The summed E-state index contributed by atoms with van der Waals surface area (Å²) in [5, 5.41) is 3.67. The minimum atomic E-state index is -0.522. The van der Waals surface area contributed by atoms with Crippen LogP contribution in [0.25, 0.3) is 0 Å². The molecule has 16 heavy (non-hydrogen) atoms. The minimum absolute atomic E-state index is 0.522. The van der Waals surface area contributed by atoms with E-state index in [0.717, 1.165) is 36.8 Å². The highest BCUT2D eigenvalue weighted by Crippen LogP contribution is 2.16. The van der Waals surface area contributed by atoms with Crippen LogP contribution in [0.5, 0.6) is 0 Å². The maximum Gasteiger partial charge on any atom is 0.0249 e. The van der Waals surface area contributed by atoms with Gasteiger partial charge in [-0.1, -0.05) is 6.92 Å². The number of nitrogens with zero attached hydrogens (tertiary/aromatic N) is 1. The predicted octanol–water partition coefficient (Wildman–Crippen LogP) is 0.829. The Hall–Kier alpha value is 0.0700. The van der Waals surface area contributed by atoms with E-state index in [1.54, 1.807) is 0 Å². The molecule has 0 spiro atoms. The Bertz CT molecular complexity index is 237. The molecule has 0 amide bonds. The standard InChI is InChI=1S/C12H24N2OS/c1-2-14-6-3-11(10-14)9-13-12-4-7-16(15)8-5-12/h11-13H,2-10H2,1H3. The third-order valence-corrected chi connectivity index (χ3v) is 5.28. The Morgan fingerprint density at radius 1 is 1.31 bits per heavy atom. The molecule has 1 N–H and O–H groups in total. The average Bonchev–Trinajstić information content (AvgIpc) is 2.76. The summed E-state index contributed by atoms with van der Waals surface area (Å²) in [5.74, 6) is 2.65. The van der Waals surface area contributed by atoms with Crippen molar-refractivity contribution in [1.82, 2.24) is 10.2 Å². The summed E-state index contributed by atoms with van der Waals surface area (Å²) in [6.45, 7) is 7.14. The Kier molecular flexibility index (Phi) is 4.79. The zero-order chi connectivity index (χ0) is 11.4. The Morgan fingerprint density at radius 2 is 2.06 bits per heavy atom. The highest BCUT2D eigenvalue weighted by Gasteiger charge is 2.23. The van der Waals surface area contributed by atoms with Crippen molar-refractivity contribution in [2.24, 2.45) is 5.92 Å². The van der Waals surface area contributed by atoms with Gasteiger partial charge in [0.15, 0.2) is 0 Å². The second-order valence-corrected chi connectivity index (χ2v) is 6.77. The van der Waals surface area contributed by atoms with Gasteiger partial charge in [-0.15, -0.1) is 0 Å². The van der Waals surface area contributed by atoms with Crippen LogP contribution in [-0.2, 0) is 10.8 Å². The van der Waals surface area contributed by atoms with Crippen LogP contribution in [0.15, 0.2) is 0 Å². The van der Waals surface area contributed by atoms with Crippen molar-refractivity contribution in [1.29, 1.82) is 0 Å². The lowest BCUT2D eigenvalue weighted by Crippen LogP contribution is -2.38. The average molecular weight is 244 g/mol. The van der Waals surface area contributed by atoms with Gasteiger partial charge in [-0.05, 0) is 44.8 Å². The van der Waals surface area contributed by atoms with Crippen molar-refractivity contribution in [3.8, 4) is 0 Å². The number of hydrogen-bond acceptors (Lipinski definition) is 3. The van der Waals surface area contributed by atoms with E-state index in [2.05, 4.69) is 17.1 Å². The molecule has 0 bridgehead atoms. The van der Waals surface area contributed by atoms with Gasteiger partial charge in [0, 0.05) is 34.9 Å². The van der Waals surface area contributed by atoms with Crippen LogP contribution in [0.3, 0.4) is 0 Å². The molecule has 3 nitrogen and oxygen atoms in total. The minimum Gasteiger partial charge on any atom is -0.314 e. The third kappa shape index (κ3) is 3.54. The van der Waals surface area contributed by atoms with E-state index >= 15 is 0 Å². The summed E-state index contributed by atoms with van der Waals surface area (Å²) < 4.78 is 11.2. The molecule has 2 rings (SSSR count). The van der Waals surface area contributed by atoms with Crippen LogP contribution in [0.2, 0.25) is 0 Å². The van der Waals surface area contributed by atoms with Crippen LogP contribution >= 0.6 is 0 Å². The van der Waals surface area contributed by atoms with E-state index in [4.69, 9.17) is 0 Å². The molecule has 2 saturated heterocycles. The quantitative estimate of drug-likeness (QED) is 0.795. The lowest BCUT2D eigenvalue weighted by Gasteiger charge is -2.24. The van der Waals surface area contributed by atoms with Crippen molar-refractivity contribution < 1.29 is 4.21 Å². The molecule has 0 aliphatic carbocycles. The highest BCUT2D eigenvalue weighted by molar-refractivity contribution is 7.85. The molecule has 0 aromatic heterocycles. The van der Waals surface area contributed by atoms with E-state index in [1.807, 2.05) is 0 Å². The summed E-state index contributed by atoms with van der Waals surface area (Å²) in [6.07, 6.45) is 3.56. The molecule has 2 aliphatic heterocycles. The van der Waals surface area contributed by atoms with E-state index < -0.39 is 10.8 Å². The van der Waals surface area contributed by atoms with Gasteiger partial charge in [0.25, 0.3) is 0 Å². The topological polar surface area (TPSA) is 32.3 Å². The third-order valence-electron chi connectivity index (χ3n) is 3.90. The number of nitrogens with one attached hydrogen (secondary N) is 1. The summed E-state index contributed by atoms with van der Waals surface area (Å²) in [6, 6.07) is 0.633. The molecule has 0 radical (unpaired) electrons. The van der Waals surface area contributed by atoms with Crippen LogP contribution < -0.4 is 5.32 Å². The van der Waals surface area contributed by atoms with Crippen molar-refractivity contribution in [3.05, 3.63) is 0 Å². The van der Waals surface area contributed by atoms with Crippen molar-refractivity contribution in [3.63, 3.8) is 0 Å². The highest BCUT2D eigenvalue weighted by atomic mass is 32.2. The fourth-order valence-electron chi connectivity index (χ4n) is 2.70. The molecule has 2 aliphatic rings. The Labute approximate surface area is 101 Å². The van der Waals surface area contributed by atoms with Crippen LogP contribution in [-0.4, -0.2) is 52.8 Å². The lowest BCUT2D eigenvalue weighted by molar-refractivity contribution is 0.333. The fraction of sp³-hybridized carbons (Fsp3) is 1.00. The Balaban J connectivity index is 1.62. The van der Waals surface area contributed by atoms with Gasteiger partial charge in [-0.2, -0.15) is 0 Å². The van der Waals surface area contributed by atoms with E-state index in [1.165, 1.54) is 26.1 Å². The van der Waals surface area contributed by atoms with Gasteiger partial charge in [0.05, 0.1) is 0 Å². The first-order valence-electron chi connectivity index (χ1n) is 6.58. The zero-order valence-electron chi connectivity index (χ0n) is 10.3. The predicted molar refractivity (Wildman–Crippen MR) is 69.1 cm³/mol. The first kappa shape index (κ1) is 12.5. The van der Waals surface area contributed by atoms with Crippen molar-refractivity contribution in [2.45, 2.75) is 32.2 Å². The van der Waals surface area contributed by atoms with Crippen LogP contribution in [0.1, 0.15) is 26.2 Å². The summed E-state index contributed by atoms with van der Waals surface area (Å²) in [4.78, 5) is 2.53. The fourth-order valence-corrected chi connectivity index (χ4v) is 4.00. The molecule has 1 atom stereocenters. The molecule has 0 saturated carbocycles. The second kappa shape index (κ2) is 6.12. The maximum absolute atomic E-state index is 11.2. The first-order valence-corrected chi connectivity index (χ1v) is 8.07. The molecule has 2 fully saturated rings. The van der Waals surface area contributed by atoms with Crippen molar-refractivity contribution >= 4 is 10.8 Å². The number of hydrogen-bond donors (Lipinski definition) is 1. The van der Waals surface area contributed by atoms with Gasteiger partial charge >= 0.3 is 0 Å². The molecule has 2 heterocycles. The monoisotopic (exact) mass is 244 g/mol. The molecule has 94 valence electrons. The van der Waals surface area contributed by atoms with E-state index in [0.29, 0.717) is 6.04 Å². The summed E-state index contributed by atoms with van der Waals surface area (Å²) in [7, 11) is -0.522. The lowest BCUT2D eigenvalue weighted by atomic mass is 10.1. The maximum atomic E-state index is 11.2. The van der Waals surface area contributed by atoms with E-state index in [9.17, 15) is 4.21 Å². The van der Waals surface area contributed by atoms with Crippen molar-refractivity contribution in [2.75, 3.05) is 37.7 Å². The van der Waals surface area contributed by atoms with Gasteiger partial charge in [-0.3, -0.25) is 4.21 Å². The smallest absolute Gasteiger partial charge is 0.0249 e. The SMILES string of the molecule is CCN1CCC(CNC2CCS(=O)CC2)C1. The van der Waals surface area contributed by atoms with E-state index in [-0.39, 0.29) is 0 Å². The molecule has 0 aromatic rings. The first-order chi connectivity index (χ1) is 7.78. The van der Waals surface area contributed by atoms with Crippen LogP contribution in [0.4, 0.5) is 0 Å². The number of likely N-dealkylation sites (tertiary alicyclic amines) is 1. The number of rotatable bonds is 4. The molecule has 4 heteroatoms. The largest absolute Gasteiger partial charge is 0.314 e. The molecule has 1 unspecified atom stereocenters. The molecular weight excluding hydrogens is 220 g/mol. The molecule has 0 aromatic carbocycles. The summed E-state index contributed by atoms with van der Waals surface area (Å²) >= 11 is 0. The summed E-state index contributed by atoms with van der Waals surface area (Å²) in [5.41, 5.74) is 0. The van der Waals surface area contributed by atoms with Gasteiger partial charge in [0.2, 0.25) is 0 Å². The van der Waals surface area contributed by atoms with Crippen LogP contribution in [0, 0.1) is 5.92 Å². The Morgan fingerprint density at radius 3 is 2.69 bits per heavy atom. The molecular formula is C12H24N2OS. The van der Waals surface area contributed by atoms with Gasteiger partial charge < -0.3 is 10.2 Å².